The number of carbonyl (C=O) groups excluding carboxylic acids is 2. The SMILES string of the molecule is CC(=O)Nc1cccnc1-c1nnc(-c2ncccc2NC(C)=O)nn1. The van der Waals surface area contributed by atoms with Crippen molar-refractivity contribution in [2.75, 3.05) is 10.6 Å². The topological polar surface area (TPSA) is 136 Å². The fraction of sp³-hybridized carbons (Fsp3) is 0.125. The van der Waals surface area contributed by atoms with E-state index in [4.69, 9.17) is 0 Å². The van der Waals surface area contributed by atoms with Crippen molar-refractivity contribution in [2.45, 2.75) is 13.8 Å². The van der Waals surface area contributed by atoms with Crippen LogP contribution < -0.4 is 10.6 Å². The number of anilines is 2. The molecule has 2 N–H and O–H groups in total. The molecular formula is C16H14N8O2. The predicted octanol–water partition coefficient (Wildman–Crippen LogP) is 1.31. The van der Waals surface area contributed by atoms with E-state index in [1.165, 1.54) is 13.8 Å². The lowest BCUT2D eigenvalue weighted by Gasteiger charge is -2.08. The molecule has 0 spiro atoms. The average Bonchev–Trinajstić information content (AvgIpc) is 2.62. The van der Waals surface area contributed by atoms with Crippen molar-refractivity contribution in [1.82, 2.24) is 30.4 Å². The Morgan fingerprint density at radius 2 is 1.12 bits per heavy atom. The van der Waals surface area contributed by atoms with Gasteiger partial charge >= 0.3 is 0 Å². The number of hydrogen-bond donors (Lipinski definition) is 2. The first-order chi connectivity index (χ1) is 12.5. The largest absolute Gasteiger partial charge is 0.324 e. The molecule has 3 heterocycles. The third-order valence-electron chi connectivity index (χ3n) is 3.14. The molecule has 0 aliphatic carbocycles. The van der Waals surface area contributed by atoms with Crippen LogP contribution in [0, 0.1) is 0 Å². The maximum absolute atomic E-state index is 11.3. The number of aromatic nitrogens is 6. The van der Waals surface area contributed by atoms with E-state index in [0.29, 0.717) is 22.8 Å². The van der Waals surface area contributed by atoms with Gasteiger partial charge in [-0.1, -0.05) is 0 Å². The zero-order valence-corrected chi connectivity index (χ0v) is 14.0. The van der Waals surface area contributed by atoms with Gasteiger partial charge in [0.15, 0.2) is 0 Å². The van der Waals surface area contributed by atoms with E-state index in [1.807, 2.05) is 0 Å². The lowest BCUT2D eigenvalue weighted by Crippen LogP contribution is -2.10. The summed E-state index contributed by atoms with van der Waals surface area (Å²) in [6.07, 6.45) is 3.09. The van der Waals surface area contributed by atoms with Gasteiger partial charge in [0.05, 0.1) is 11.4 Å². The van der Waals surface area contributed by atoms with Gasteiger partial charge in [0.1, 0.15) is 11.4 Å². The highest BCUT2D eigenvalue weighted by atomic mass is 16.2. The molecular weight excluding hydrogens is 336 g/mol. The maximum Gasteiger partial charge on any atom is 0.224 e. The van der Waals surface area contributed by atoms with Gasteiger partial charge in [-0.25, -0.2) is 0 Å². The second-order valence-corrected chi connectivity index (χ2v) is 5.21. The van der Waals surface area contributed by atoms with Gasteiger partial charge in [-0.15, -0.1) is 20.4 Å². The molecule has 130 valence electrons. The maximum atomic E-state index is 11.3. The monoisotopic (exact) mass is 350 g/mol. The molecule has 0 radical (unpaired) electrons. The first-order valence-corrected chi connectivity index (χ1v) is 7.58. The van der Waals surface area contributed by atoms with Crippen LogP contribution in [-0.4, -0.2) is 42.2 Å². The Morgan fingerprint density at radius 1 is 0.731 bits per heavy atom. The number of hydrogen-bond acceptors (Lipinski definition) is 8. The van der Waals surface area contributed by atoms with Crippen molar-refractivity contribution in [3.05, 3.63) is 36.7 Å². The highest BCUT2D eigenvalue weighted by Crippen LogP contribution is 2.24. The number of rotatable bonds is 4. The van der Waals surface area contributed by atoms with Crippen molar-refractivity contribution < 1.29 is 9.59 Å². The molecule has 10 heteroatoms. The number of pyridine rings is 2. The molecule has 2 amide bonds. The number of carbonyl (C=O) groups is 2. The second kappa shape index (κ2) is 7.38. The van der Waals surface area contributed by atoms with Gasteiger partial charge in [-0.2, -0.15) is 0 Å². The Bertz CT molecular complexity index is 880. The van der Waals surface area contributed by atoms with Crippen molar-refractivity contribution >= 4 is 23.2 Å². The van der Waals surface area contributed by atoms with Crippen LogP contribution in [0.1, 0.15) is 13.8 Å². The summed E-state index contributed by atoms with van der Waals surface area (Å²) in [5, 5.41) is 21.4. The molecule has 0 aliphatic rings. The van der Waals surface area contributed by atoms with Crippen LogP contribution in [0.15, 0.2) is 36.7 Å². The Kier molecular flexibility index (Phi) is 4.83. The van der Waals surface area contributed by atoms with Crippen LogP contribution >= 0.6 is 0 Å². The quantitative estimate of drug-likeness (QED) is 0.719. The number of nitrogens with zero attached hydrogens (tertiary/aromatic N) is 6. The van der Waals surface area contributed by atoms with Gasteiger partial charge in [0, 0.05) is 26.2 Å². The van der Waals surface area contributed by atoms with Gasteiger partial charge in [-0.3, -0.25) is 19.6 Å². The summed E-state index contributed by atoms with van der Waals surface area (Å²) in [6, 6.07) is 6.71. The van der Waals surface area contributed by atoms with Crippen LogP contribution in [0.2, 0.25) is 0 Å². The fourth-order valence-corrected chi connectivity index (χ4v) is 2.17. The molecule has 0 aliphatic heterocycles. The van der Waals surface area contributed by atoms with E-state index in [0.717, 1.165) is 0 Å². The molecule has 0 saturated heterocycles. The lowest BCUT2D eigenvalue weighted by molar-refractivity contribution is -0.115. The standard InChI is InChI=1S/C16H14N8O2/c1-9(25)19-11-5-3-7-17-13(11)15-21-23-16(24-22-15)14-12(20-10(2)26)6-4-8-18-14/h3-8H,1-2H3,(H,19,25)(H,20,26). The highest BCUT2D eigenvalue weighted by Gasteiger charge is 2.15. The minimum absolute atomic E-state index is 0.148. The normalized spacial score (nSPS) is 10.2. The molecule has 26 heavy (non-hydrogen) atoms. The van der Waals surface area contributed by atoms with Crippen LogP contribution in [0.4, 0.5) is 11.4 Å². The smallest absolute Gasteiger partial charge is 0.224 e. The van der Waals surface area contributed by atoms with Gasteiger partial charge < -0.3 is 10.6 Å². The van der Waals surface area contributed by atoms with E-state index >= 15 is 0 Å². The van der Waals surface area contributed by atoms with Crippen LogP contribution in [0.5, 0.6) is 0 Å². The van der Waals surface area contributed by atoms with Gasteiger partial charge in [0.25, 0.3) is 0 Å². The third-order valence-corrected chi connectivity index (χ3v) is 3.14. The molecule has 3 rings (SSSR count). The number of amides is 2. The summed E-state index contributed by atoms with van der Waals surface area (Å²) in [5.41, 5.74) is 1.59. The van der Waals surface area contributed by atoms with E-state index in [-0.39, 0.29) is 23.5 Å². The second-order valence-electron chi connectivity index (χ2n) is 5.21. The van der Waals surface area contributed by atoms with E-state index in [1.54, 1.807) is 36.7 Å². The molecule has 3 aromatic heterocycles. The molecule has 0 aromatic carbocycles. The van der Waals surface area contributed by atoms with Crippen molar-refractivity contribution in [2.24, 2.45) is 0 Å². The van der Waals surface area contributed by atoms with Crippen LogP contribution in [0.3, 0.4) is 0 Å². The molecule has 10 nitrogen and oxygen atoms in total. The zero-order chi connectivity index (χ0) is 18.5. The zero-order valence-electron chi connectivity index (χ0n) is 14.0. The van der Waals surface area contributed by atoms with E-state index in [2.05, 4.69) is 41.0 Å². The molecule has 0 unspecified atom stereocenters. The third kappa shape index (κ3) is 3.80. The molecule has 0 bridgehead atoms. The van der Waals surface area contributed by atoms with Crippen LogP contribution in [-0.2, 0) is 9.59 Å². The average molecular weight is 350 g/mol. The Balaban J connectivity index is 1.96. The minimum Gasteiger partial charge on any atom is -0.324 e. The van der Waals surface area contributed by atoms with Gasteiger partial charge in [0.2, 0.25) is 23.5 Å². The Labute approximate surface area is 148 Å². The fourth-order valence-electron chi connectivity index (χ4n) is 2.17. The number of nitrogens with one attached hydrogen (secondary N) is 2. The summed E-state index contributed by atoms with van der Waals surface area (Å²) in [6.45, 7) is 2.78. The van der Waals surface area contributed by atoms with E-state index in [9.17, 15) is 9.59 Å². The minimum atomic E-state index is -0.245. The molecule has 0 atom stereocenters. The summed E-state index contributed by atoms with van der Waals surface area (Å²) in [4.78, 5) is 31.0. The Hall–Kier alpha value is -3.82. The van der Waals surface area contributed by atoms with Crippen molar-refractivity contribution in [3.63, 3.8) is 0 Å². The summed E-state index contributed by atoms with van der Waals surface area (Å²) in [5.74, 6) is -0.194. The van der Waals surface area contributed by atoms with Crippen molar-refractivity contribution in [3.8, 4) is 23.0 Å². The molecule has 0 saturated carbocycles. The van der Waals surface area contributed by atoms with E-state index < -0.39 is 0 Å². The Morgan fingerprint density at radius 3 is 1.46 bits per heavy atom. The highest BCUT2D eigenvalue weighted by molar-refractivity contribution is 5.93. The molecule has 3 aromatic rings. The summed E-state index contributed by atoms with van der Waals surface area (Å²) in [7, 11) is 0. The molecule has 0 fully saturated rings. The predicted molar refractivity (Wildman–Crippen MR) is 92.7 cm³/mol. The first kappa shape index (κ1) is 17.0. The summed E-state index contributed by atoms with van der Waals surface area (Å²) < 4.78 is 0. The first-order valence-electron chi connectivity index (χ1n) is 7.58. The van der Waals surface area contributed by atoms with Crippen LogP contribution in [0.25, 0.3) is 23.0 Å². The summed E-state index contributed by atoms with van der Waals surface area (Å²) >= 11 is 0. The lowest BCUT2D eigenvalue weighted by atomic mass is 10.2. The van der Waals surface area contributed by atoms with Gasteiger partial charge in [-0.05, 0) is 24.3 Å². The van der Waals surface area contributed by atoms with Crippen molar-refractivity contribution in [1.29, 1.82) is 0 Å².